The lowest BCUT2D eigenvalue weighted by Gasteiger charge is -2.21. The van der Waals surface area contributed by atoms with E-state index in [9.17, 15) is 0 Å². The number of nitrogens with zero attached hydrogens (tertiary/aromatic N) is 2. The van der Waals surface area contributed by atoms with Crippen LogP contribution in [-0.4, -0.2) is 17.5 Å². The highest BCUT2D eigenvalue weighted by molar-refractivity contribution is 6.02. The number of rotatable bonds is 4. The minimum absolute atomic E-state index is 0.0834. The molecule has 0 aromatic heterocycles. The van der Waals surface area contributed by atoms with Gasteiger partial charge >= 0.3 is 0 Å². The van der Waals surface area contributed by atoms with E-state index in [2.05, 4.69) is 11.2 Å². The Labute approximate surface area is 118 Å². The average molecular weight is 270 g/mol. The van der Waals surface area contributed by atoms with E-state index in [1.807, 2.05) is 18.2 Å². The Balaban J connectivity index is 1.80. The third kappa shape index (κ3) is 2.36. The van der Waals surface area contributed by atoms with E-state index in [0.29, 0.717) is 13.0 Å². The molecule has 0 heterocycles. The van der Waals surface area contributed by atoms with Gasteiger partial charge in [0.2, 0.25) is 0 Å². The molecule has 0 unspecified atom stereocenters. The molecule has 0 radical (unpaired) electrons. The molecule has 0 saturated heterocycles. The number of fused-ring (bicyclic) bond motifs is 1. The van der Waals surface area contributed by atoms with Gasteiger partial charge in [-0.15, -0.1) is 0 Å². The van der Waals surface area contributed by atoms with Gasteiger partial charge in [0, 0.05) is 23.0 Å². The largest absolute Gasteiger partial charge is 0.493 e. The van der Waals surface area contributed by atoms with Crippen LogP contribution in [0.15, 0.2) is 23.4 Å². The van der Waals surface area contributed by atoms with Crippen molar-refractivity contribution in [2.24, 2.45) is 10.6 Å². The van der Waals surface area contributed by atoms with Crippen LogP contribution in [-0.2, 0) is 6.42 Å². The summed E-state index contributed by atoms with van der Waals surface area (Å²) in [6.07, 6.45) is 5.49. The standard InChI is InChI=1S/C16H18N2O2/c17-10-9-16(7-8-16)11-20-15-6-2-3-12-13(15)4-1-5-14(12)18-19/h2-3,6,19H,1,4-5,7-9,11H2. The molecule has 104 valence electrons. The third-order valence-corrected chi connectivity index (χ3v) is 4.35. The quantitative estimate of drug-likeness (QED) is 0.674. The Morgan fingerprint density at radius 1 is 1.35 bits per heavy atom. The van der Waals surface area contributed by atoms with Gasteiger partial charge < -0.3 is 9.94 Å². The van der Waals surface area contributed by atoms with Gasteiger partial charge in [-0.25, -0.2) is 0 Å². The van der Waals surface area contributed by atoms with E-state index in [-0.39, 0.29) is 5.41 Å². The Bertz CT molecular complexity index is 583. The van der Waals surface area contributed by atoms with E-state index in [1.165, 1.54) is 0 Å². The maximum atomic E-state index is 9.08. The number of benzene rings is 1. The summed E-state index contributed by atoms with van der Waals surface area (Å²) >= 11 is 0. The van der Waals surface area contributed by atoms with Crippen LogP contribution in [0.1, 0.15) is 43.2 Å². The van der Waals surface area contributed by atoms with E-state index in [1.54, 1.807) is 0 Å². The highest BCUT2D eigenvalue weighted by Crippen LogP contribution is 2.49. The van der Waals surface area contributed by atoms with Gasteiger partial charge in [0.15, 0.2) is 0 Å². The number of nitriles is 1. The van der Waals surface area contributed by atoms with Gasteiger partial charge in [-0.2, -0.15) is 5.26 Å². The molecular formula is C16H18N2O2. The number of hydrogen-bond acceptors (Lipinski definition) is 4. The van der Waals surface area contributed by atoms with Crippen LogP contribution in [0.25, 0.3) is 0 Å². The zero-order valence-electron chi connectivity index (χ0n) is 11.4. The average Bonchev–Trinajstić information content (AvgIpc) is 3.25. The lowest BCUT2D eigenvalue weighted by Crippen LogP contribution is -2.17. The Morgan fingerprint density at radius 3 is 2.90 bits per heavy atom. The van der Waals surface area contributed by atoms with Crippen LogP contribution in [0.2, 0.25) is 0 Å². The summed E-state index contributed by atoms with van der Waals surface area (Å²) < 4.78 is 5.99. The molecule has 0 aliphatic heterocycles. The first kappa shape index (κ1) is 13.0. The van der Waals surface area contributed by atoms with Gasteiger partial charge in [-0.3, -0.25) is 0 Å². The minimum atomic E-state index is 0.0834. The summed E-state index contributed by atoms with van der Waals surface area (Å²) in [6, 6.07) is 8.15. The lowest BCUT2D eigenvalue weighted by molar-refractivity contribution is 0.234. The molecule has 0 spiro atoms. The van der Waals surface area contributed by atoms with Crippen molar-refractivity contribution in [1.29, 1.82) is 5.26 Å². The predicted octanol–water partition coefficient (Wildman–Crippen LogP) is 3.27. The summed E-state index contributed by atoms with van der Waals surface area (Å²) in [5.41, 5.74) is 2.97. The van der Waals surface area contributed by atoms with Crippen molar-refractivity contribution in [2.75, 3.05) is 6.61 Å². The molecule has 1 aromatic rings. The summed E-state index contributed by atoms with van der Waals surface area (Å²) in [4.78, 5) is 0. The van der Waals surface area contributed by atoms with Crippen LogP contribution in [0.5, 0.6) is 5.75 Å². The van der Waals surface area contributed by atoms with Gasteiger partial charge in [0.1, 0.15) is 5.75 Å². The number of oxime groups is 1. The van der Waals surface area contributed by atoms with Gasteiger partial charge in [-0.1, -0.05) is 17.3 Å². The number of ether oxygens (including phenoxy) is 1. The molecule has 2 aliphatic rings. The van der Waals surface area contributed by atoms with Crippen molar-refractivity contribution in [3.8, 4) is 11.8 Å². The van der Waals surface area contributed by atoms with Crippen molar-refractivity contribution in [3.63, 3.8) is 0 Å². The lowest BCUT2D eigenvalue weighted by atomic mass is 9.89. The zero-order chi connectivity index (χ0) is 14.0. The Kier molecular flexibility index (Phi) is 3.35. The smallest absolute Gasteiger partial charge is 0.123 e. The van der Waals surface area contributed by atoms with Crippen molar-refractivity contribution in [2.45, 2.75) is 38.5 Å². The molecule has 1 saturated carbocycles. The van der Waals surface area contributed by atoms with Crippen molar-refractivity contribution in [3.05, 3.63) is 29.3 Å². The fourth-order valence-corrected chi connectivity index (χ4v) is 2.85. The van der Waals surface area contributed by atoms with E-state index in [4.69, 9.17) is 15.2 Å². The zero-order valence-corrected chi connectivity index (χ0v) is 11.4. The van der Waals surface area contributed by atoms with E-state index < -0.39 is 0 Å². The molecule has 0 atom stereocenters. The molecule has 3 rings (SSSR count). The molecular weight excluding hydrogens is 252 g/mol. The molecule has 1 aromatic carbocycles. The minimum Gasteiger partial charge on any atom is -0.493 e. The van der Waals surface area contributed by atoms with Crippen LogP contribution in [0, 0.1) is 16.7 Å². The first-order valence-electron chi connectivity index (χ1n) is 7.11. The molecule has 0 amide bonds. The summed E-state index contributed by atoms with van der Waals surface area (Å²) in [5, 5.41) is 21.3. The molecule has 2 aliphatic carbocycles. The highest BCUT2D eigenvalue weighted by Gasteiger charge is 2.43. The monoisotopic (exact) mass is 270 g/mol. The third-order valence-electron chi connectivity index (χ3n) is 4.35. The van der Waals surface area contributed by atoms with Crippen molar-refractivity contribution in [1.82, 2.24) is 0 Å². The summed E-state index contributed by atoms with van der Waals surface area (Å²) in [7, 11) is 0. The molecule has 0 bridgehead atoms. The van der Waals surface area contributed by atoms with Gasteiger partial charge in [0.05, 0.1) is 18.4 Å². The van der Waals surface area contributed by atoms with Crippen LogP contribution < -0.4 is 4.74 Å². The normalized spacial score (nSPS) is 21.1. The van der Waals surface area contributed by atoms with E-state index in [0.717, 1.165) is 54.7 Å². The SMILES string of the molecule is N#CCC1(COc2cccc3c2CCCC3=NO)CC1. The second-order valence-electron chi connectivity index (χ2n) is 5.81. The van der Waals surface area contributed by atoms with Crippen molar-refractivity contribution < 1.29 is 9.94 Å². The van der Waals surface area contributed by atoms with Crippen LogP contribution in [0.3, 0.4) is 0 Å². The second-order valence-corrected chi connectivity index (χ2v) is 5.81. The molecule has 20 heavy (non-hydrogen) atoms. The maximum Gasteiger partial charge on any atom is 0.123 e. The van der Waals surface area contributed by atoms with Crippen molar-refractivity contribution >= 4 is 5.71 Å². The van der Waals surface area contributed by atoms with E-state index >= 15 is 0 Å². The summed E-state index contributed by atoms with van der Waals surface area (Å²) in [6.45, 7) is 0.614. The molecule has 1 fully saturated rings. The van der Waals surface area contributed by atoms with Crippen LogP contribution >= 0.6 is 0 Å². The Morgan fingerprint density at radius 2 is 2.20 bits per heavy atom. The first-order valence-corrected chi connectivity index (χ1v) is 7.11. The Hall–Kier alpha value is -2.02. The first-order chi connectivity index (χ1) is 9.78. The predicted molar refractivity (Wildman–Crippen MR) is 75.1 cm³/mol. The number of hydrogen-bond donors (Lipinski definition) is 1. The fourth-order valence-electron chi connectivity index (χ4n) is 2.85. The fraction of sp³-hybridized carbons (Fsp3) is 0.500. The van der Waals surface area contributed by atoms with Gasteiger partial charge in [-0.05, 0) is 38.2 Å². The van der Waals surface area contributed by atoms with Crippen LogP contribution in [0.4, 0.5) is 0 Å². The molecule has 4 heteroatoms. The maximum absolute atomic E-state index is 9.08. The topological polar surface area (TPSA) is 65.6 Å². The highest BCUT2D eigenvalue weighted by atomic mass is 16.5. The van der Waals surface area contributed by atoms with Gasteiger partial charge in [0.25, 0.3) is 0 Å². The summed E-state index contributed by atoms with van der Waals surface area (Å²) in [5.74, 6) is 0.882. The molecule has 4 nitrogen and oxygen atoms in total. The molecule has 1 N–H and O–H groups in total. The second kappa shape index (κ2) is 5.16.